The van der Waals surface area contributed by atoms with Gasteiger partial charge in [0.2, 0.25) is 15.9 Å². The van der Waals surface area contributed by atoms with Crippen LogP contribution in [0.5, 0.6) is 0 Å². The third kappa shape index (κ3) is 4.19. The second-order valence-electron chi connectivity index (χ2n) is 6.15. The highest BCUT2D eigenvalue weighted by Crippen LogP contribution is 2.28. The van der Waals surface area contributed by atoms with E-state index in [0.29, 0.717) is 21.9 Å². The van der Waals surface area contributed by atoms with Crippen molar-refractivity contribution in [2.24, 2.45) is 0 Å². The van der Waals surface area contributed by atoms with E-state index in [1.807, 2.05) is 0 Å². The summed E-state index contributed by atoms with van der Waals surface area (Å²) in [5, 5.41) is 5.82. The molecule has 8 nitrogen and oxygen atoms in total. The number of anilines is 2. The van der Waals surface area contributed by atoms with Crippen LogP contribution < -0.4 is 10.6 Å². The molecule has 0 saturated carbocycles. The average Bonchev–Trinajstić information content (AvgIpc) is 3.02. The Morgan fingerprint density at radius 3 is 2.32 bits per heavy atom. The fraction of sp³-hybridized carbons (Fsp3) is 0.167. The minimum absolute atomic E-state index is 0.111. The summed E-state index contributed by atoms with van der Waals surface area (Å²) in [5.74, 6) is -0.563. The van der Waals surface area contributed by atoms with Crippen molar-refractivity contribution in [3.63, 3.8) is 0 Å². The van der Waals surface area contributed by atoms with Crippen LogP contribution in [0.15, 0.2) is 47.4 Å². The molecular weight excluding hydrogens is 400 g/mol. The summed E-state index contributed by atoms with van der Waals surface area (Å²) in [5.41, 5.74) is 1.66. The fourth-order valence-electron chi connectivity index (χ4n) is 2.42. The Morgan fingerprint density at radius 2 is 1.71 bits per heavy atom. The summed E-state index contributed by atoms with van der Waals surface area (Å²) < 4.78 is 26.1. The molecule has 0 aliphatic carbocycles. The number of carbonyl (C=O) groups excluding carboxylic acids is 2. The molecule has 10 heteroatoms. The number of nitrogens with zero attached hydrogens (tertiary/aromatic N) is 2. The van der Waals surface area contributed by atoms with Gasteiger partial charge in [-0.05, 0) is 42.5 Å². The van der Waals surface area contributed by atoms with Gasteiger partial charge in [-0.15, -0.1) is 0 Å². The van der Waals surface area contributed by atoms with Crippen molar-refractivity contribution in [1.29, 1.82) is 0 Å². The van der Waals surface area contributed by atoms with Crippen molar-refractivity contribution in [2.75, 3.05) is 24.7 Å². The number of fused-ring (bicyclic) bond motifs is 1. The molecule has 0 atom stereocenters. The van der Waals surface area contributed by atoms with E-state index in [2.05, 4.69) is 15.6 Å². The number of hydrogen-bond donors (Lipinski definition) is 2. The molecule has 0 saturated heterocycles. The SMILES string of the molecule is CC(=O)Nc1ccc2nc(NC(=O)c3ccc(S(=O)(=O)N(C)C)cc3)sc2c1. The monoisotopic (exact) mass is 418 g/mol. The highest BCUT2D eigenvalue weighted by atomic mass is 32.2. The van der Waals surface area contributed by atoms with Crippen molar-refractivity contribution in [3.8, 4) is 0 Å². The second kappa shape index (κ2) is 7.66. The summed E-state index contributed by atoms with van der Waals surface area (Å²) in [4.78, 5) is 28.1. The molecule has 2 aromatic carbocycles. The van der Waals surface area contributed by atoms with Crippen LogP contribution in [0.25, 0.3) is 10.2 Å². The molecule has 2 amide bonds. The molecule has 3 rings (SSSR count). The maximum Gasteiger partial charge on any atom is 0.257 e. The fourth-order valence-corrected chi connectivity index (χ4v) is 4.22. The highest BCUT2D eigenvalue weighted by molar-refractivity contribution is 7.89. The Bertz CT molecular complexity index is 1150. The van der Waals surface area contributed by atoms with Crippen LogP contribution in [0.1, 0.15) is 17.3 Å². The van der Waals surface area contributed by atoms with E-state index in [1.54, 1.807) is 18.2 Å². The van der Waals surface area contributed by atoms with Gasteiger partial charge in [-0.1, -0.05) is 11.3 Å². The molecule has 0 radical (unpaired) electrons. The largest absolute Gasteiger partial charge is 0.326 e. The van der Waals surface area contributed by atoms with Crippen LogP contribution in [-0.4, -0.2) is 43.6 Å². The quantitative estimate of drug-likeness (QED) is 0.662. The van der Waals surface area contributed by atoms with Crippen LogP contribution in [0.4, 0.5) is 10.8 Å². The summed E-state index contributed by atoms with van der Waals surface area (Å²) in [7, 11) is -0.657. The summed E-state index contributed by atoms with van der Waals surface area (Å²) in [6.45, 7) is 1.43. The van der Waals surface area contributed by atoms with Crippen LogP contribution >= 0.6 is 11.3 Å². The first-order valence-electron chi connectivity index (χ1n) is 8.19. The number of rotatable bonds is 5. The first-order valence-corrected chi connectivity index (χ1v) is 10.4. The minimum atomic E-state index is -3.55. The molecule has 0 unspecified atom stereocenters. The van der Waals surface area contributed by atoms with Crippen molar-refractivity contribution in [1.82, 2.24) is 9.29 Å². The predicted octanol–water partition coefficient (Wildman–Crippen LogP) is 2.76. The van der Waals surface area contributed by atoms with E-state index in [1.165, 1.54) is 56.6 Å². The van der Waals surface area contributed by atoms with Crippen LogP contribution in [0.2, 0.25) is 0 Å². The highest BCUT2D eigenvalue weighted by Gasteiger charge is 2.18. The van der Waals surface area contributed by atoms with Gasteiger partial charge in [-0.2, -0.15) is 0 Å². The molecule has 0 bridgehead atoms. The van der Waals surface area contributed by atoms with Gasteiger partial charge >= 0.3 is 0 Å². The second-order valence-corrected chi connectivity index (χ2v) is 9.33. The minimum Gasteiger partial charge on any atom is -0.326 e. The first kappa shape index (κ1) is 19.9. The number of benzene rings is 2. The van der Waals surface area contributed by atoms with Gasteiger partial charge in [-0.3, -0.25) is 14.9 Å². The molecule has 28 heavy (non-hydrogen) atoms. The molecule has 0 aliphatic heterocycles. The topological polar surface area (TPSA) is 108 Å². The molecule has 1 heterocycles. The lowest BCUT2D eigenvalue weighted by Crippen LogP contribution is -2.22. The van der Waals surface area contributed by atoms with Gasteiger partial charge in [0.25, 0.3) is 5.91 Å². The summed E-state index contributed by atoms with van der Waals surface area (Å²) in [6, 6.07) is 11.0. The van der Waals surface area contributed by atoms with Gasteiger partial charge in [0.05, 0.1) is 15.1 Å². The molecule has 0 fully saturated rings. The standard InChI is InChI=1S/C18H18N4O4S2/c1-11(23)19-13-6-9-15-16(10-13)27-18(20-15)21-17(24)12-4-7-14(8-5-12)28(25,26)22(2)3/h4-10H,1-3H3,(H,19,23)(H,20,21,24). The third-order valence-electron chi connectivity index (χ3n) is 3.82. The van der Waals surface area contributed by atoms with Crippen LogP contribution in [0, 0.1) is 0 Å². The zero-order valence-corrected chi connectivity index (χ0v) is 17.0. The Balaban J connectivity index is 1.78. The van der Waals surface area contributed by atoms with E-state index in [-0.39, 0.29) is 10.8 Å². The molecule has 146 valence electrons. The summed E-state index contributed by atoms with van der Waals surface area (Å²) in [6.07, 6.45) is 0. The van der Waals surface area contributed by atoms with E-state index < -0.39 is 15.9 Å². The van der Waals surface area contributed by atoms with Crippen molar-refractivity contribution >= 4 is 54.2 Å². The van der Waals surface area contributed by atoms with Crippen LogP contribution in [-0.2, 0) is 14.8 Å². The number of carbonyl (C=O) groups is 2. The molecule has 0 aliphatic rings. The van der Waals surface area contributed by atoms with Crippen molar-refractivity contribution in [3.05, 3.63) is 48.0 Å². The van der Waals surface area contributed by atoms with E-state index in [4.69, 9.17) is 0 Å². The Labute approximate surface area is 166 Å². The van der Waals surface area contributed by atoms with Gasteiger partial charge in [0.1, 0.15) is 0 Å². The van der Waals surface area contributed by atoms with E-state index >= 15 is 0 Å². The number of amides is 2. The Kier molecular flexibility index (Phi) is 5.45. The number of sulfonamides is 1. The molecule has 1 aromatic heterocycles. The van der Waals surface area contributed by atoms with Gasteiger partial charge < -0.3 is 5.32 Å². The maximum atomic E-state index is 12.4. The number of aromatic nitrogens is 1. The Morgan fingerprint density at radius 1 is 1.04 bits per heavy atom. The van der Waals surface area contributed by atoms with Gasteiger partial charge in [-0.25, -0.2) is 17.7 Å². The maximum absolute atomic E-state index is 12.4. The normalized spacial score (nSPS) is 11.6. The molecular formula is C18H18N4O4S2. The van der Waals surface area contributed by atoms with Gasteiger partial charge in [0, 0.05) is 32.3 Å². The number of thiazole rings is 1. The van der Waals surface area contributed by atoms with Crippen LogP contribution in [0.3, 0.4) is 0 Å². The Hall–Kier alpha value is -2.82. The van der Waals surface area contributed by atoms with Gasteiger partial charge in [0.15, 0.2) is 5.13 Å². The van der Waals surface area contributed by atoms with E-state index in [9.17, 15) is 18.0 Å². The lowest BCUT2D eigenvalue weighted by Gasteiger charge is -2.11. The molecule has 3 aromatic rings. The summed E-state index contributed by atoms with van der Waals surface area (Å²) >= 11 is 1.28. The smallest absolute Gasteiger partial charge is 0.257 e. The zero-order chi connectivity index (χ0) is 20.5. The number of hydrogen-bond acceptors (Lipinski definition) is 6. The van der Waals surface area contributed by atoms with E-state index in [0.717, 1.165) is 9.01 Å². The lowest BCUT2D eigenvalue weighted by molar-refractivity contribution is -0.114. The number of nitrogens with one attached hydrogen (secondary N) is 2. The molecule has 2 N–H and O–H groups in total. The zero-order valence-electron chi connectivity index (χ0n) is 15.4. The lowest BCUT2D eigenvalue weighted by atomic mass is 10.2. The molecule has 0 spiro atoms. The third-order valence-corrected chi connectivity index (χ3v) is 6.59. The first-order chi connectivity index (χ1) is 13.2. The van der Waals surface area contributed by atoms with Crippen molar-refractivity contribution in [2.45, 2.75) is 11.8 Å². The average molecular weight is 419 g/mol. The predicted molar refractivity (Wildman–Crippen MR) is 109 cm³/mol. The van der Waals surface area contributed by atoms with Crippen molar-refractivity contribution < 1.29 is 18.0 Å².